The molecule has 2 fully saturated rings. The molecule has 0 saturated carbocycles. The molecule has 82 valence electrons. The van der Waals surface area contributed by atoms with Crippen molar-refractivity contribution in [1.29, 1.82) is 0 Å². The van der Waals surface area contributed by atoms with Crippen LogP contribution in [-0.4, -0.2) is 43.3 Å². The van der Waals surface area contributed by atoms with E-state index in [0.29, 0.717) is 12.1 Å². The SMILES string of the molecule is CC1CC(N)CN1CCC1CCOC1. The predicted octanol–water partition coefficient (Wildman–Crippen LogP) is 0.834. The van der Waals surface area contributed by atoms with E-state index < -0.39 is 0 Å². The lowest BCUT2D eigenvalue weighted by Gasteiger charge is -2.22. The van der Waals surface area contributed by atoms with Crippen LogP contribution in [0, 0.1) is 5.92 Å². The standard InChI is InChI=1S/C11H22N2O/c1-9-6-11(12)7-13(9)4-2-10-3-5-14-8-10/h9-11H,2-8,12H2,1H3. The van der Waals surface area contributed by atoms with E-state index in [1.54, 1.807) is 0 Å². The monoisotopic (exact) mass is 198 g/mol. The third-order valence-electron chi connectivity index (χ3n) is 3.58. The van der Waals surface area contributed by atoms with Crippen LogP contribution >= 0.6 is 0 Å². The summed E-state index contributed by atoms with van der Waals surface area (Å²) in [5.41, 5.74) is 5.93. The molecule has 3 atom stereocenters. The fraction of sp³-hybridized carbons (Fsp3) is 1.00. The molecule has 3 heteroatoms. The van der Waals surface area contributed by atoms with Gasteiger partial charge in [-0.1, -0.05) is 0 Å². The molecule has 14 heavy (non-hydrogen) atoms. The second-order valence-electron chi connectivity index (χ2n) is 4.86. The minimum Gasteiger partial charge on any atom is -0.381 e. The van der Waals surface area contributed by atoms with Crippen LogP contribution in [0.5, 0.6) is 0 Å². The first-order valence-corrected chi connectivity index (χ1v) is 5.83. The third kappa shape index (κ3) is 2.47. The van der Waals surface area contributed by atoms with Crippen LogP contribution in [0.1, 0.15) is 26.2 Å². The molecule has 0 bridgehead atoms. The number of nitrogens with two attached hydrogens (primary N) is 1. The van der Waals surface area contributed by atoms with Crippen LogP contribution in [0.4, 0.5) is 0 Å². The molecule has 0 aromatic rings. The molecule has 3 unspecified atom stereocenters. The topological polar surface area (TPSA) is 38.5 Å². The van der Waals surface area contributed by atoms with Crippen molar-refractivity contribution < 1.29 is 4.74 Å². The van der Waals surface area contributed by atoms with Crippen molar-refractivity contribution in [1.82, 2.24) is 4.90 Å². The van der Waals surface area contributed by atoms with Gasteiger partial charge in [-0.2, -0.15) is 0 Å². The van der Waals surface area contributed by atoms with Crippen LogP contribution in [0.15, 0.2) is 0 Å². The summed E-state index contributed by atoms with van der Waals surface area (Å²) in [4.78, 5) is 2.53. The lowest BCUT2D eigenvalue weighted by atomic mass is 10.0. The van der Waals surface area contributed by atoms with Crippen molar-refractivity contribution in [3.63, 3.8) is 0 Å². The maximum atomic E-state index is 5.93. The van der Waals surface area contributed by atoms with E-state index in [0.717, 1.165) is 25.7 Å². The molecule has 2 aliphatic rings. The highest BCUT2D eigenvalue weighted by atomic mass is 16.5. The van der Waals surface area contributed by atoms with Gasteiger partial charge in [0.15, 0.2) is 0 Å². The van der Waals surface area contributed by atoms with Crippen molar-refractivity contribution in [2.75, 3.05) is 26.3 Å². The average Bonchev–Trinajstić information content (AvgIpc) is 2.72. The Balaban J connectivity index is 1.69. The van der Waals surface area contributed by atoms with Crippen LogP contribution in [-0.2, 0) is 4.74 Å². The van der Waals surface area contributed by atoms with Crippen molar-refractivity contribution in [2.24, 2.45) is 11.7 Å². The zero-order valence-corrected chi connectivity index (χ0v) is 9.11. The molecule has 2 aliphatic heterocycles. The van der Waals surface area contributed by atoms with E-state index >= 15 is 0 Å². The number of rotatable bonds is 3. The van der Waals surface area contributed by atoms with E-state index in [2.05, 4.69) is 11.8 Å². The Morgan fingerprint density at radius 2 is 2.36 bits per heavy atom. The summed E-state index contributed by atoms with van der Waals surface area (Å²) in [6.45, 7) is 6.55. The van der Waals surface area contributed by atoms with Gasteiger partial charge in [-0.15, -0.1) is 0 Å². The molecule has 0 aromatic heterocycles. The summed E-state index contributed by atoms with van der Waals surface area (Å²) in [5.74, 6) is 0.805. The normalized spacial score (nSPS) is 39.4. The van der Waals surface area contributed by atoms with Crippen LogP contribution in [0.2, 0.25) is 0 Å². The molecular formula is C11H22N2O. The Morgan fingerprint density at radius 3 is 2.93 bits per heavy atom. The van der Waals surface area contributed by atoms with Gasteiger partial charge >= 0.3 is 0 Å². The lowest BCUT2D eigenvalue weighted by Crippen LogP contribution is -2.31. The van der Waals surface area contributed by atoms with Gasteiger partial charge in [0.2, 0.25) is 0 Å². The minimum atomic E-state index is 0.407. The number of hydrogen-bond acceptors (Lipinski definition) is 3. The van der Waals surface area contributed by atoms with Gasteiger partial charge in [-0.25, -0.2) is 0 Å². The summed E-state index contributed by atoms with van der Waals surface area (Å²) in [6.07, 6.45) is 3.71. The molecular weight excluding hydrogens is 176 g/mol. The molecule has 2 N–H and O–H groups in total. The lowest BCUT2D eigenvalue weighted by molar-refractivity contribution is 0.177. The van der Waals surface area contributed by atoms with E-state index in [9.17, 15) is 0 Å². The summed E-state index contributed by atoms with van der Waals surface area (Å²) < 4.78 is 5.38. The summed E-state index contributed by atoms with van der Waals surface area (Å²) in [6, 6.07) is 1.09. The third-order valence-corrected chi connectivity index (χ3v) is 3.58. The molecule has 0 spiro atoms. The maximum absolute atomic E-state index is 5.93. The van der Waals surface area contributed by atoms with Gasteiger partial charge in [0.05, 0.1) is 0 Å². The van der Waals surface area contributed by atoms with E-state index in [4.69, 9.17) is 10.5 Å². The first-order valence-electron chi connectivity index (χ1n) is 5.83. The Hall–Kier alpha value is -0.120. The van der Waals surface area contributed by atoms with Gasteiger partial charge in [0.25, 0.3) is 0 Å². The summed E-state index contributed by atoms with van der Waals surface area (Å²) in [7, 11) is 0. The molecule has 0 amide bonds. The summed E-state index contributed by atoms with van der Waals surface area (Å²) >= 11 is 0. The molecule has 2 heterocycles. The second-order valence-corrected chi connectivity index (χ2v) is 4.86. The largest absolute Gasteiger partial charge is 0.381 e. The van der Waals surface area contributed by atoms with Gasteiger partial charge in [0, 0.05) is 31.8 Å². The van der Waals surface area contributed by atoms with Crippen molar-refractivity contribution >= 4 is 0 Å². The molecule has 2 saturated heterocycles. The quantitative estimate of drug-likeness (QED) is 0.730. The van der Waals surface area contributed by atoms with Crippen LogP contribution < -0.4 is 5.73 Å². The average molecular weight is 198 g/mol. The van der Waals surface area contributed by atoms with E-state index in [-0.39, 0.29) is 0 Å². The van der Waals surface area contributed by atoms with Crippen molar-refractivity contribution in [3.05, 3.63) is 0 Å². The van der Waals surface area contributed by atoms with Crippen LogP contribution in [0.25, 0.3) is 0 Å². The molecule has 0 aromatic carbocycles. The van der Waals surface area contributed by atoms with Gasteiger partial charge < -0.3 is 10.5 Å². The number of hydrogen-bond donors (Lipinski definition) is 1. The first kappa shape index (κ1) is 10.4. The predicted molar refractivity (Wildman–Crippen MR) is 57.2 cm³/mol. The fourth-order valence-corrected chi connectivity index (χ4v) is 2.61. The second kappa shape index (κ2) is 4.60. The van der Waals surface area contributed by atoms with Gasteiger partial charge in [0.1, 0.15) is 0 Å². The zero-order valence-electron chi connectivity index (χ0n) is 9.11. The number of ether oxygens (including phenoxy) is 1. The molecule has 3 nitrogen and oxygen atoms in total. The van der Waals surface area contributed by atoms with E-state index in [1.165, 1.54) is 25.8 Å². The number of likely N-dealkylation sites (tertiary alicyclic amines) is 1. The smallest absolute Gasteiger partial charge is 0.0495 e. The van der Waals surface area contributed by atoms with E-state index in [1.807, 2.05) is 0 Å². The molecule has 0 aliphatic carbocycles. The van der Waals surface area contributed by atoms with Crippen molar-refractivity contribution in [2.45, 2.75) is 38.3 Å². The zero-order chi connectivity index (χ0) is 9.97. The fourth-order valence-electron chi connectivity index (χ4n) is 2.61. The minimum absolute atomic E-state index is 0.407. The highest BCUT2D eigenvalue weighted by Crippen LogP contribution is 2.20. The number of nitrogens with zero attached hydrogens (tertiary/aromatic N) is 1. The van der Waals surface area contributed by atoms with Crippen molar-refractivity contribution in [3.8, 4) is 0 Å². The van der Waals surface area contributed by atoms with Crippen LogP contribution in [0.3, 0.4) is 0 Å². The Kier molecular flexibility index (Phi) is 3.42. The summed E-state index contributed by atoms with van der Waals surface area (Å²) in [5, 5.41) is 0. The molecule has 0 radical (unpaired) electrons. The first-order chi connectivity index (χ1) is 6.75. The Bertz CT molecular complexity index is 180. The Labute approximate surface area is 86.6 Å². The molecule has 2 rings (SSSR count). The maximum Gasteiger partial charge on any atom is 0.0495 e. The highest BCUT2D eigenvalue weighted by Gasteiger charge is 2.27. The van der Waals surface area contributed by atoms with Gasteiger partial charge in [-0.3, -0.25) is 4.90 Å². The Morgan fingerprint density at radius 1 is 1.50 bits per heavy atom. The highest BCUT2D eigenvalue weighted by molar-refractivity contribution is 4.85. The van der Waals surface area contributed by atoms with Gasteiger partial charge in [-0.05, 0) is 38.6 Å².